The molecule has 25 heavy (non-hydrogen) atoms. The van der Waals surface area contributed by atoms with Crippen LogP contribution in [0.1, 0.15) is 24.8 Å². The van der Waals surface area contributed by atoms with E-state index < -0.39 is 0 Å². The second kappa shape index (κ2) is 9.57. The summed E-state index contributed by atoms with van der Waals surface area (Å²) in [5, 5.41) is 2.89. The van der Waals surface area contributed by atoms with Crippen LogP contribution in [0, 0.1) is 0 Å². The molecule has 0 bridgehead atoms. The second-order valence-electron chi connectivity index (χ2n) is 5.67. The third-order valence-corrected chi connectivity index (χ3v) is 3.96. The number of rotatable bonds is 9. The summed E-state index contributed by atoms with van der Waals surface area (Å²) in [6, 6.07) is 13.4. The summed E-state index contributed by atoms with van der Waals surface area (Å²) in [5.74, 6) is 2.12. The van der Waals surface area contributed by atoms with Gasteiger partial charge in [0.15, 0.2) is 0 Å². The van der Waals surface area contributed by atoms with E-state index in [9.17, 15) is 4.79 Å². The molecule has 2 aromatic carbocycles. The Morgan fingerprint density at radius 2 is 1.56 bits per heavy atom. The topological polar surface area (TPSA) is 56.8 Å². The molecule has 0 heterocycles. The summed E-state index contributed by atoms with van der Waals surface area (Å²) < 4.78 is 15.6. The maximum atomic E-state index is 12.1. The Balaban J connectivity index is 1.76. The predicted octanol–water partition coefficient (Wildman–Crippen LogP) is 4.06. The Bertz CT molecular complexity index is 683. The largest absolute Gasteiger partial charge is 0.497 e. The molecule has 1 N–H and O–H groups in total. The van der Waals surface area contributed by atoms with Crippen molar-refractivity contribution in [3.8, 4) is 17.2 Å². The first kappa shape index (κ1) is 18.6. The molecule has 0 unspecified atom stereocenters. The van der Waals surface area contributed by atoms with Crippen LogP contribution in [0.2, 0.25) is 0 Å². The van der Waals surface area contributed by atoms with Gasteiger partial charge < -0.3 is 19.5 Å². The van der Waals surface area contributed by atoms with Crippen molar-refractivity contribution >= 4 is 11.6 Å². The molecule has 2 aromatic rings. The molecule has 0 aliphatic heterocycles. The molecule has 0 radical (unpaired) electrons. The van der Waals surface area contributed by atoms with Gasteiger partial charge in [-0.15, -0.1) is 0 Å². The Morgan fingerprint density at radius 1 is 0.880 bits per heavy atom. The molecule has 134 valence electrons. The average Bonchev–Trinajstić information content (AvgIpc) is 2.66. The van der Waals surface area contributed by atoms with Crippen LogP contribution in [0.5, 0.6) is 17.2 Å². The van der Waals surface area contributed by atoms with Gasteiger partial charge >= 0.3 is 0 Å². The summed E-state index contributed by atoms with van der Waals surface area (Å²) in [4.78, 5) is 12.1. The molecule has 0 aliphatic carbocycles. The Labute approximate surface area is 148 Å². The van der Waals surface area contributed by atoms with Gasteiger partial charge in [0, 0.05) is 12.5 Å². The molecule has 0 saturated carbocycles. The van der Waals surface area contributed by atoms with Crippen molar-refractivity contribution < 1.29 is 19.0 Å². The molecule has 0 spiro atoms. The van der Waals surface area contributed by atoms with Gasteiger partial charge in [-0.25, -0.2) is 0 Å². The minimum Gasteiger partial charge on any atom is -0.497 e. The number of nitrogens with one attached hydrogen (secondary N) is 1. The normalized spacial score (nSPS) is 10.2. The fraction of sp³-hybridized carbons (Fsp3) is 0.350. The van der Waals surface area contributed by atoms with Crippen LogP contribution in [0.4, 0.5) is 5.69 Å². The molecule has 0 fully saturated rings. The highest BCUT2D eigenvalue weighted by atomic mass is 16.5. The fourth-order valence-corrected chi connectivity index (χ4v) is 2.52. The summed E-state index contributed by atoms with van der Waals surface area (Å²) >= 11 is 0. The fourth-order valence-electron chi connectivity index (χ4n) is 2.52. The molecule has 0 aromatic heterocycles. The van der Waals surface area contributed by atoms with E-state index in [0.717, 1.165) is 25.0 Å². The molecule has 5 heteroatoms. The van der Waals surface area contributed by atoms with Crippen molar-refractivity contribution in [2.24, 2.45) is 0 Å². The number of hydrogen-bond acceptors (Lipinski definition) is 4. The van der Waals surface area contributed by atoms with Crippen molar-refractivity contribution in [2.75, 3.05) is 26.6 Å². The Hall–Kier alpha value is -2.69. The highest BCUT2D eigenvalue weighted by molar-refractivity contribution is 5.92. The van der Waals surface area contributed by atoms with Gasteiger partial charge in [0.05, 0.1) is 27.0 Å². The van der Waals surface area contributed by atoms with Crippen molar-refractivity contribution in [1.29, 1.82) is 0 Å². The number of methoxy groups -OCH3 is 3. The third kappa shape index (κ3) is 5.71. The third-order valence-electron chi connectivity index (χ3n) is 3.96. The van der Waals surface area contributed by atoms with Crippen LogP contribution in [-0.4, -0.2) is 27.2 Å². The molecule has 0 aliphatic rings. The van der Waals surface area contributed by atoms with Crippen LogP contribution in [0.25, 0.3) is 0 Å². The van der Waals surface area contributed by atoms with Gasteiger partial charge in [0.25, 0.3) is 0 Å². The van der Waals surface area contributed by atoms with Gasteiger partial charge in [-0.1, -0.05) is 12.1 Å². The zero-order valence-corrected chi connectivity index (χ0v) is 15.0. The standard InChI is InChI=1S/C20H25NO4/c1-23-16-10-8-15(9-11-16)6-4-5-7-20(22)21-18-13-12-17(24-2)14-19(18)25-3/h8-14H,4-7H2,1-3H3,(H,21,22). The number of hydrogen-bond donors (Lipinski definition) is 1. The zero-order chi connectivity index (χ0) is 18.1. The molecule has 5 nitrogen and oxygen atoms in total. The van der Waals surface area contributed by atoms with Crippen LogP contribution in [0.15, 0.2) is 42.5 Å². The molecule has 1 amide bonds. The van der Waals surface area contributed by atoms with E-state index in [-0.39, 0.29) is 5.91 Å². The van der Waals surface area contributed by atoms with Gasteiger partial charge in [-0.3, -0.25) is 4.79 Å². The minimum absolute atomic E-state index is 0.0156. The van der Waals surface area contributed by atoms with Crippen molar-refractivity contribution in [1.82, 2.24) is 0 Å². The predicted molar refractivity (Wildman–Crippen MR) is 98.7 cm³/mol. The number of carbonyl (C=O) groups is 1. The smallest absolute Gasteiger partial charge is 0.224 e. The Morgan fingerprint density at radius 3 is 2.20 bits per heavy atom. The lowest BCUT2D eigenvalue weighted by Crippen LogP contribution is -2.12. The van der Waals surface area contributed by atoms with Crippen molar-refractivity contribution in [3.05, 3.63) is 48.0 Å². The Kier molecular flexibility index (Phi) is 7.14. The van der Waals surface area contributed by atoms with E-state index >= 15 is 0 Å². The number of anilines is 1. The second-order valence-corrected chi connectivity index (χ2v) is 5.67. The lowest BCUT2D eigenvalue weighted by atomic mass is 10.1. The van der Waals surface area contributed by atoms with E-state index in [2.05, 4.69) is 17.4 Å². The summed E-state index contributed by atoms with van der Waals surface area (Å²) in [5.41, 5.74) is 1.90. The van der Waals surface area contributed by atoms with Crippen LogP contribution >= 0.6 is 0 Å². The number of unbranched alkanes of at least 4 members (excludes halogenated alkanes) is 1. The van der Waals surface area contributed by atoms with Crippen LogP contribution in [-0.2, 0) is 11.2 Å². The van der Waals surface area contributed by atoms with Crippen molar-refractivity contribution in [2.45, 2.75) is 25.7 Å². The molecular formula is C20H25NO4. The lowest BCUT2D eigenvalue weighted by Gasteiger charge is -2.11. The SMILES string of the molecule is COc1ccc(CCCCC(=O)Nc2ccc(OC)cc2OC)cc1. The van der Waals surface area contributed by atoms with Gasteiger partial charge in [0.1, 0.15) is 17.2 Å². The highest BCUT2D eigenvalue weighted by Crippen LogP contribution is 2.29. The number of ether oxygens (including phenoxy) is 3. The first-order valence-electron chi connectivity index (χ1n) is 8.31. The van der Waals surface area contributed by atoms with Gasteiger partial charge in [-0.05, 0) is 49.1 Å². The molecule has 2 rings (SSSR count). The lowest BCUT2D eigenvalue weighted by molar-refractivity contribution is -0.116. The summed E-state index contributed by atoms with van der Waals surface area (Å²) in [7, 11) is 4.82. The number of amides is 1. The zero-order valence-electron chi connectivity index (χ0n) is 15.0. The van der Waals surface area contributed by atoms with Crippen LogP contribution in [0.3, 0.4) is 0 Å². The maximum absolute atomic E-state index is 12.1. The molecule has 0 atom stereocenters. The number of benzene rings is 2. The van der Waals surface area contributed by atoms with Crippen molar-refractivity contribution in [3.63, 3.8) is 0 Å². The average molecular weight is 343 g/mol. The quantitative estimate of drug-likeness (QED) is 0.698. The number of carbonyl (C=O) groups excluding carboxylic acids is 1. The van der Waals surface area contributed by atoms with Crippen LogP contribution < -0.4 is 19.5 Å². The van der Waals surface area contributed by atoms with E-state index in [1.807, 2.05) is 12.1 Å². The van der Waals surface area contributed by atoms with E-state index in [0.29, 0.717) is 23.6 Å². The van der Waals surface area contributed by atoms with E-state index in [1.165, 1.54) is 5.56 Å². The first-order valence-corrected chi connectivity index (χ1v) is 8.31. The minimum atomic E-state index is -0.0156. The summed E-state index contributed by atoms with van der Waals surface area (Å²) in [6.07, 6.45) is 3.21. The van der Waals surface area contributed by atoms with Gasteiger partial charge in [0.2, 0.25) is 5.91 Å². The highest BCUT2D eigenvalue weighted by Gasteiger charge is 2.09. The van der Waals surface area contributed by atoms with E-state index in [4.69, 9.17) is 14.2 Å². The summed E-state index contributed by atoms with van der Waals surface area (Å²) in [6.45, 7) is 0. The van der Waals surface area contributed by atoms with E-state index in [1.54, 1.807) is 39.5 Å². The van der Waals surface area contributed by atoms with Gasteiger partial charge in [-0.2, -0.15) is 0 Å². The monoisotopic (exact) mass is 343 g/mol. The first-order chi connectivity index (χ1) is 12.2. The maximum Gasteiger partial charge on any atom is 0.224 e. The molecule has 0 saturated heterocycles. The number of aryl methyl sites for hydroxylation is 1. The molecular weight excluding hydrogens is 318 g/mol.